The van der Waals surface area contributed by atoms with E-state index in [2.05, 4.69) is 24.5 Å². The Kier molecular flexibility index (Phi) is 6.73. The fourth-order valence-electron chi connectivity index (χ4n) is 1.61. The van der Waals surface area contributed by atoms with Gasteiger partial charge in [0.05, 0.1) is 0 Å². The largest absolute Gasteiger partial charge is 0.375 e. The summed E-state index contributed by atoms with van der Waals surface area (Å²) in [7, 11) is 1.47. The summed E-state index contributed by atoms with van der Waals surface area (Å²) in [6, 6.07) is 7.00. The van der Waals surface area contributed by atoms with Gasteiger partial charge in [-0.2, -0.15) is 0 Å². The third-order valence-corrected chi connectivity index (χ3v) is 2.68. The summed E-state index contributed by atoms with van der Waals surface area (Å²) in [6.45, 7) is 4.20. The number of amides is 2. The van der Waals surface area contributed by atoms with Crippen LogP contribution in [0, 0.1) is 5.92 Å². The molecule has 2 N–H and O–H groups in total. The van der Waals surface area contributed by atoms with Crippen molar-refractivity contribution in [2.24, 2.45) is 5.92 Å². The Hall–Kier alpha value is -1.88. The molecular weight excluding hydrogens is 256 g/mol. The topological polar surface area (TPSA) is 67.4 Å². The number of rotatable bonds is 7. The molecule has 20 heavy (non-hydrogen) atoms. The van der Waals surface area contributed by atoms with Gasteiger partial charge in [0.1, 0.15) is 6.61 Å². The third-order valence-electron chi connectivity index (χ3n) is 2.68. The Morgan fingerprint density at radius 2 is 1.55 bits per heavy atom. The van der Waals surface area contributed by atoms with Crippen LogP contribution in [0.4, 0.5) is 11.4 Å². The fourth-order valence-corrected chi connectivity index (χ4v) is 1.61. The predicted molar refractivity (Wildman–Crippen MR) is 79.6 cm³/mol. The van der Waals surface area contributed by atoms with E-state index < -0.39 is 0 Å². The van der Waals surface area contributed by atoms with Crippen molar-refractivity contribution in [1.29, 1.82) is 0 Å². The van der Waals surface area contributed by atoms with E-state index in [1.54, 1.807) is 24.3 Å². The Labute approximate surface area is 119 Å². The Bertz CT molecular complexity index is 441. The molecule has 0 saturated heterocycles. The van der Waals surface area contributed by atoms with E-state index in [1.807, 2.05) is 0 Å². The molecule has 0 aliphatic heterocycles. The van der Waals surface area contributed by atoms with Crippen molar-refractivity contribution in [3.05, 3.63) is 24.3 Å². The van der Waals surface area contributed by atoms with Gasteiger partial charge in [0.2, 0.25) is 11.8 Å². The molecule has 1 aromatic rings. The molecular formula is C15H22N2O3. The van der Waals surface area contributed by atoms with Crippen LogP contribution in [-0.4, -0.2) is 25.5 Å². The van der Waals surface area contributed by atoms with E-state index in [0.717, 1.165) is 12.1 Å². The maximum atomic E-state index is 11.7. The van der Waals surface area contributed by atoms with Gasteiger partial charge < -0.3 is 15.4 Å². The maximum Gasteiger partial charge on any atom is 0.250 e. The summed E-state index contributed by atoms with van der Waals surface area (Å²) in [6.07, 6.45) is 1.39. The van der Waals surface area contributed by atoms with Crippen LogP contribution < -0.4 is 10.6 Å². The number of nitrogens with one attached hydrogen (secondary N) is 2. The first kappa shape index (κ1) is 16.2. The number of anilines is 2. The molecule has 2 amide bonds. The second-order valence-electron chi connectivity index (χ2n) is 5.04. The summed E-state index contributed by atoms with van der Waals surface area (Å²) in [4.78, 5) is 23.0. The SMILES string of the molecule is COCC(=O)Nc1ccc(NC(=O)CCC(C)C)cc1. The molecule has 0 aromatic heterocycles. The molecule has 0 heterocycles. The zero-order valence-corrected chi connectivity index (χ0v) is 12.2. The minimum Gasteiger partial charge on any atom is -0.375 e. The average Bonchev–Trinajstić information content (AvgIpc) is 2.39. The molecule has 0 saturated carbocycles. The van der Waals surface area contributed by atoms with Crippen LogP contribution in [0.2, 0.25) is 0 Å². The number of carbonyl (C=O) groups excluding carboxylic acids is 2. The first-order valence-corrected chi connectivity index (χ1v) is 6.70. The molecule has 0 atom stereocenters. The van der Waals surface area contributed by atoms with Gasteiger partial charge >= 0.3 is 0 Å². The first-order valence-electron chi connectivity index (χ1n) is 6.70. The van der Waals surface area contributed by atoms with E-state index in [4.69, 9.17) is 4.74 Å². The predicted octanol–water partition coefficient (Wildman–Crippen LogP) is 2.65. The molecule has 0 unspecified atom stereocenters. The summed E-state index contributed by atoms with van der Waals surface area (Å²) < 4.78 is 4.73. The van der Waals surface area contributed by atoms with Gasteiger partial charge in [-0.25, -0.2) is 0 Å². The summed E-state index contributed by atoms with van der Waals surface area (Å²) in [5, 5.41) is 5.51. The van der Waals surface area contributed by atoms with Crippen LogP contribution >= 0.6 is 0 Å². The highest BCUT2D eigenvalue weighted by molar-refractivity contribution is 5.93. The monoisotopic (exact) mass is 278 g/mol. The molecule has 110 valence electrons. The van der Waals surface area contributed by atoms with Crippen molar-refractivity contribution in [2.75, 3.05) is 24.4 Å². The highest BCUT2D eigenvalue weighted by Gasteiger charge is 2.05. The summed E-state index contributed by atoms with van der Waals surface area (Å²) in [5.41, 5.74) is 1.40. The van der Waals surface area contributed by atoms with Crippen molar-refractivity contribution in [1.82, 2.24) is 0 Å². The van der Waals surface area contributed by atoms with Crippen LogP contribution in [0.15, 0.2) is 24.3 Å². The fraction of sp³-hybridized carbons (Fsp3) is 0.467. The van der Waals surface area contributed by atoms with Crippen molar-refractivity contribution in [3.63, 3.8) is 0 Å². The van der Waals surface area contributed by atoms with Gasteiger partial charge in [0.25, 0.3) is 0 Å². The van der Waals surface area contributed by atoms with Gasteiger partial charge in [0.15, 0.2) is 0 Å². The quantitative estimate of drug-likeness (QED) is 0.805. The number of ether oxygens (including phenoxy) is 1. The van der Waals surface area contributed by atoms with E-state index >= 15 is 0 Å². The van der Waals surface area contributed by atoms with Gasteiger partial charge in [0, 0.05) is 24.9 Å². The van der Waals surface area contributed by atoms with Crippen LogP contribution in [0.25, 0.3) is 0 Å². The van der Waals surface area contributed by atoms with Gasteiger partial charge in [-0.05, 0) is 36.6 Å². The smallest absolute Gasteiger partial charge is 0.250 e. The van der Waals surface area contributed by atoms with Crippen molar-refractivity contribution in [2.45, 2.75) is 26.7 Å². The lowest BCUT2D eigenvalue weighted by Gasteiger charge is -2.08. The summed E-state index contributed by atoms with van der Waals surface area (Å²) in [5.74, 6) is 0.315. The van der Waals surface area contributed by atoms with E-state index in [9.17, 15) is 9.59 Å². The Morgan fingerprint density at radius 3 is 2.00 bits per heavy atom. The molecule has 0 radical (unpaired) electrons. The van der Waals surface area contributed by atoms with Crippen molar-refractivity contribution >= 4 is 23.2 Å². The lowest BCUT2D eigenvalue weighted by molar-refractivity contribution is -0.119. The number of carbonyl (C=O) groups is 2. The van der Waals surface area contributed by atoms with Gasteiger partial charge in [-0.15, -0.1) is 0 Å². The van der Waals surface area contributed by atoms with Crippen LogP contribution in [0.5, 0.6) is 0 Å². The minimum atomic E-state index is -0.207. The number of benzene rings is 1. The van der Waals surface area contributed by atoms with Gasteiger partial charge in [-0.3, -0.25) is 9.59 Å². The standard InChI is InChI=1S/C15H22N2O3/c1-11(2)4-9-14(18)16-12-5-7-13(8-6-12)17-15(19)10-20-3/h5-8,11H,4,9-10H2,1-3H3,(H,16,18)(H,17,19). The normalized spacial score (nSPS) is 10.4. The van der Waals surface area contributed by atoms with Crippen LogP contribution in [-0.2, 0) is 14.3 Å². The molecule has 5 nitrogen and oxygen atoms in total. The van der Waals surface area contributed by atoms with E-state index in [-0.39, 0.29) is 18.4 Å². The Morgan fingerprint density at radius 1 is 1.05 bits per heavy atom. The second kappa shape index (κ2) is 8.32. The zero-order chi connectivity index (χ0) is 15.0. The number of hydrogen-bond acceptors (Lipinski definition) is 3. The van der Waals surface area contributed by atoms with Crippen molar-refractivity contribution in [3.8, 4) is 0 Å². The zero-order valence-electron chi connectivity index (χ0n) is 12.2. The highest BCUT2D eigenvalue weighted by Crippen LogP contribution is 2.14. The minimum absolute atomic E-state index is 0.00914. The second-order valence-corrected chi connectivity index (χ2v) is 5.04. The summed E-state index contributed by atoms with van der Waals surface area (Å²) >= 11 is 0. The maximum absolute atomic E-state index is 11.7. The van der Waals surface area contributed by atoms with Crippen LogP contribution in [0.3, 0.4) is 0 Å². The average molecular weight is 278 g/mol. The van der Waals surface area contributed by atoms with Crippen molar-refractivity contribution < 1.29 is 14.3 Å². The van der Waals surface area contributed by atoms with E-state index in [0.29, 0.717) is 18.0 Å². The third kappa shape index (κ3) is 6.33. The highest BCUT2D eigenvalue weighted by atomic mass is 16.5. The lowest BCUT2D eigenvalue weighted by atomic mass is 10.1. The molecule has 0 aliphatic carbocycles. The molecule has 5 heteroatoms. The molecule has 0 fully saturated rings. The van der Waals surface area contributed by atoms with Crippen LogP contribution in [0.1, 0.15) is 26.7 Å². The number of hydrogen-bond donors (Lipinski definition) is 2. The number of methoxy groups -OCH3 is 1. The lowest BCUT2D eigenvalue weighted by Crippen LogP contribution is -2.17. The first-order chi connectivity index (χ1) is 9.51. The molecule has 0 aliphatic rings. The van der Waals surface area contributed by atoms with E-state index in [1.165, 1.54) is 7.11 Å². The molecule has 0 bridgehead atoms. The molecule has 1 aromatic carbocycles. The molecule has 0 spiro atoms. The molecule has 1 rings (SSSR count). The Balaban J connectivity index is 2.46. The van der Waals surface area contributed by atoms with Gasteiger partial charge in [-0.1, -0.05) is 13.8 Å².